The zero-order chi connectivity index (χ0) is 15.3. The van der Waals surface area contributed by atoms with Gasteiger partial charge in [-0.2, -0.15) is 5.26 Å². The van der Waals surface area contributed by atoms with Gasteiger partial charge < -0.3 is 4.74 Å². The molecule has 1 aliphatic rings. The fraction of sp³-hybridized carbons (Fsp3) is 0.308. The average Bonchev–Trinajstić information content (AvgIpc) is 2.73. The van der Waals surface area contributed by atoms with E-state index >= 15 is 0 Å². The van der Waals surface area contributed by atoms with Crippen LogP contribution in [0.15, 0.2) is 34.2 Å². The summed E-state index contributed by atoms with van der Waals surface area (Å²) in [4.78, 5) is 15.5. The van der Waals surface area contributed by atoms with Crippen molar-refractivity contribution in [3.05, 3.63) is 29.8 Å². The minimum Gasteiger partial charge on any atom is -0.464 e. The van der Waals surface area contributed by atoms with Gasteiger partial charge in [0.05, 0.1) is 17.6 Å². The summed E-state index contributed by atoms with van der Waals surface area (Å²) in [5.41, 5.74) is 0.440. The number of hydrogen-bond donors (Lipinski definition) is 1. The van der Waals surface area contributed by atoms with Crippen LogP contribution in [0, 0.1) is 11.3 Å². The summed E-state index contributed by atoms with van der Waals surface area (Å²) in [7, 11) is -3.60. The van der Waals surface area contributed by atoms with Crippen molar-refractivity contribution < 1.29 is 17.9 Å². The van der Waals surface area contributed by atoms with Crippen LogP contribution in [0.3, 0.4) is 0 Å². The monoisotopic (exact) mass is 307 g/mol. The van der Waals surface area contributed by atoms with Crippen molar-refractivity contribution in [3.63, 3.8) is 0 Å². The van der Waals surface area contributed by atoms with E-state index < -0.39 is 16.0 Å². The van der Waals surface area contributed by atoms with Crippen molar-refractivity contribution in [1.82, 2.24) is 4.72 Å². The Kier molecular flexibility index (Phi) is 4.55. The van der Waals surface area contributed by atoms with E-state index in [0.717, 1.165) is 0 Å². The Morgan fingerprint density at radius 3 is 2.90 bits per heavy atom. The zero-order valence-corrected chi connectivity index (χ0v) is 11.9. The zero-order valence-electron chi connectivity index (χ0n) is 11.1. The molecule has 0 amide bonds. The molecule has 0 aliphatic carbocycles. The van der Waals surface area contributed by atoms with E-state index in [2.05, 4.69) is 9.71 Å². The lowest BCUT2D eigenvalue weighted by molar-refractivity contribution is -0.141. The summed E-state index contributed by atoms with van der Waals surface area (Å²) in [6, 6.07) is 8.34. The summed E-state index contributed by atoms with van der Waals surface area (Å²) in [5, 5.41) is 8.34. The second kappa shape index (κ2) is 6.37. The fourth-order valence-electron chi connectivity index (χ4n) is 1.78. The molecule has 0 saturated heterocycles. The van der Waals surface area contributed by atoms with Crippen LogP contribution < -0.4 is 4.72 Å². The third kappa shape index (κ3) is 3.58. The minimum absolute atomic E-state index is 0.138. The summed E-state index contributed by atoms with van der Waals surface area (Å²) >= 11 is 0. The molecule has 0 atom stereocenters. The number of unbranched alkanes of at least 4 members (excludes halogenated alkanes) is 1. The van der Waals surface area contributed by atoms with Crippen molar-refractivity contribution in [1.29, 1.82) is 5.26 Å². The summed E-state index contributed by atoms with van der Waals surface area (Å²) in [6.45, 7) is -0.127. The predicted molar refractivity (Wildman–Crippen MR) is 74.0 cm³/mol. The van der Waals surface area contributed by atoms with E-state index in [4.69, 9.17) is 10.00 Å². The second-order valence-corrected chi connectivity index (χ2v) is 5.90. The summed E-state index contributed by atoms with van der Waals surface area (Å²) in [6.07, 6.45) is 0.781. The number of aliphatic imine (C=N–C) groups is 1. The maximum absolute atomic E-state index is 11.8. The van der Waals surface area contributed by atoms with Crippen LogP contribution in [0.25, 0.3) is 0 Å². The topological polar surface area (TPSA) is 109 Å². The van der Waals surface area contributed by atoms with Gasteiger partial charge in [-0.15, -0.1) is 0 Å². The molecular formula is C13H13N3O4S. The number of amidine groups is 1. The molecule has 0 unspecified atom stereocenters. The second-order valence-electron chi connectivity index (χ2n) is 4.25. The average molecular weight is 307 g/mol. The molecule has 1 aliphatic heterocycles. The number of nitrogens with zero attached hydrogens (tertiary/aromatic N) is 2. The van der Waals surface area contributed by atoms with Crippen molar-refractivity contribution >= 4 is 21.8 Å². The van der Waals surface area contributed by atoms with Gasteiger partial charge in [0.15, 0.2) is 0 Å². The Hall–Kier alpha value is -2.40. The highest BCUT2D eigenvalue weighted by Gasteiger charge is 2.30. The summed E-state index contributed by atoms with van der Waals surface area (Å²) < 4.78 is 30.8. The molecule has 0 fully saturated rings. The highest BCUT2D eigenvalue weighted by molar-refractivity contribution is 7.90. The van der Waals surface area contributed by atoms with Crippen LogP contribution in [0.2, 0.25) is 0 Å². The van der Waals surface area contributed by atoms with Gasteiger partial charge >= 0.3 is 5.97 Å². The quantitative estimate of drug-likeness (QED) is 0.632. The van der Waals surface area contributed by atoms with Crippen LogP contribution in [0.5, 0.6) is 0 Å². The fourth-order valence-corrected chi connectivity index (χ4v) is 3.03. The number of fused-ring (bicyclic) bond motifs is 1. The number of rotatable bonds is 5. The van der Waals surface area contributed by atoms with Gasteiger partial charge in [-0.1, -0.05) is 12.1 Å². The highest BCUT2D eigenvalue weighted by atomic mass is 32.2. The number of sulfonamides is 1. The van der Waals surface area contributed by atoms with Gasteiger partial charge in [-0.25, -0.2) is 8.42 Å². The number of carbonyl (C=O) groups is 1. The van der Waals surface area contributed by atoms with Gasteiger partial charge in [0.1, 0.15) is 12.4 Å². The van der Waals surface area contributed by atoms with Gasteiger partial charge in [-0.05, 0) is 18.6 Å². The van der Waals surface area contributed by atoms with Crippen LogP contribution in [-0.2, 0) is 19.6 Å². The van der Waals surface area contributed by atoms with Crippen LogP contribution in [-0.4, -0.2) is 33.4 Å². The first-order valence-electron chi connectivity index (χ1n) is 6.24. The molecule has 8 heteroatoms. The molecule has 1 aromatic rings. The standard InChI is InChI=1S/C13H13N3O4S/c14-7-3-4-8-20-12(17)9-15-13-10-5-1-2-6-11(10)21(18,19)16-13/h1-2,5-6H,3-4,8-9H2,(H,15,16). The molecule has 110 valence electrons. The maximum Gasteiger partial charge on any atom is 0.327 e. The van der Waals surface area contributed by atoms with Gasteiger partial charge in [0.25, 0.3) is 10.0 Å². The van der Waals surface area contributed by atoms with Crippen molar-refractivity contribution in [3.8, 4) is 6.07 Å². The number of ether oxygens (including phenoxy) is 1. The van der Waals surface area contributed by atoms with E-state index in [0.29, 0.717) is 18.4 Å². The SMILES string of the molecule is N#CCCCOC(=O)CN=C1NS(=O)(=O)c2ccccc21. The van der Waals surface area contributed by atoms with E-state index in [1.54, 1.807) is 18.2 Å². The molecule has 1 aromatic carbocycles. The molecule has 1 N–H and O–H groups in total. The number of nitrogens with one attached hydrogen (secondary N) is 1. The third-order valence-electron chi connectivity index (χ3n) is 2.72. The molecule has 21 heavy (non-hydrogen) atoms. The largest absolute Gasteiger partial charge is 0.464 e. The van der Waals surface area contributed by atoms with Crippen molar-refractivity contribution in [2.24, 2.45) is 4.99 Å². The maximum atomic E-state index is 11.8. The van der Waals surface area contributed by atoms with E-state index in [9.17, 15) is 13.2 Å². The molecule has 0 radical (unpaired) electrons. The Morgan fingerprint density at radius 1 is 1.38 bits per heavy atom. The first kappa shape index (κ1) is 15.0. The highest BCUT2D eigenvalue weighted by Crippen LogP contribution is 2.21. The molecule has 7 nitrogen and oxygen atoms in total. The summed E-state index contributed by atoms with van der Waals surface area (Å²) in [5.74, 6) is -0.427. The number of benzene rings is 1. The molecule has 2 rings (SSSR count). The first-order valence-corrected chi connectivity index (χ1v) is 7.72. The number of nitriles is 1. The van der Waals surface area contributed by atoms with Crippen molar-refractivity contribution in [2.45, 2.75) is 17.7 Å². The Bertz CT molecular complexity index is 719. The van der Waals surface area contributed by atoms with Gasteiger partial charge in [-0.3, -0.25) is 14.5 Å². The van der Waals surface area contributed by atoms with Gasteiger partial charge in [0.2, 0.25) is 0 Å². The van der Waals surface area contributed by atoms with Crippen LogP contribution in [0.1, 0.15) is 18.4 Å². The van der Waals surface area contributed by atoms with E-state index in [1.165, 1.54) is 6.07 Å². The molecule has 0 bridgehead atoms. The lowest BCUT2D eigenvalue weighted by atomic mass is 10.2. The number of hydrogen-bond acceptors (Lipinski definition) is 6. The lowest BCUT2D eigenvalue weighted by Gasteiger charge is -2.01. The molecule has 0 spiro atoms. The number of carbonyl (C=O) groups excluding carboxylic acids is 1. The predicted octanol–water partition coefficient (Wildman–Crippen LogP) is 0.572. The van der Waals surface area contributed by atoms with E-state index in [1.807, 2.05) is 6.07 Å². The molecule has 0 saturated carbocycles. The third-order valence-corrected chi connectivity index (χ3v) is 4.12. The Balaban J connectivity index is 2.01. The van der Waals surface area contributed by atoms with Crippen LogP contribution in [0.4, 0.5) is 0 Å². The van der Waals surface area contributed by atoms with Crippen molar-refractivity contribution in [2.75, 3.05) is 13.2 Å². The smallest absolute Gasteiger partial charge is 0.327 e. The first-order chi connectivity index (χ1) is 10.0. The molecular weight excluding hydrogens is 294 g/mol. The Morgan fingerprint density at radius 2 is 2.14 bits per heavy atom. The minimum atomic E-state index is -3.60. The van der Waals surface area contributed by atoms with E-state index in [-0.39, 0.29) is 23.9 Å². The molecule has 1 heterocycles. The number of esters is 1. The normalized spacial score (nSPS) is 16.8. The lowest BCUT2D eigenvalue weighted by Crippen LogP contribution is -2.23. The molecule has 0 aromatic heterocycles. The van der Waals surface area contributed by atoms with Crippen LogP contribution >= 0.6 is 0 Å². The van der Waals surface area contributed by atoms with Gasteiger partial charge in [0, 0.05) is 12.0 Å². The Labute approximate surface area is 122 Å².